The predicted octanol–water partition coefficient (Wildman–Crippen LogP) is 3.73. The van der Waals surface area contributed by atoms with Gasteiger partial charge in [0.05, 0.1) is 11.6 Å². The number of para-hydroxylation sites is 1. The molecule has 0 saturated heterocycles. The first-order chi connectivity index (χ1) is 10.2. The molecule has 3 rings (SSSR count). The van der Waals surface area contributed by atoms with Crippen LogP contribution >= 0.6 is 11.3 Å². The van der Waals surface area contributed by atoms with Crippen molar-refractivity contribution in [2.45, 2.75) is 26.3 Å². The fraction of sp³-hybridized carbons (Fsp3) is 0.312. The zero-order chi connectivity index (χ0) is 14.8. The van der Waals surface area contributed by atoms with Crippen molar-refractivity contribution in [3.63, 3.8) is 0 Å². The highest BCUT2D eigenvalue weighted by Gasteiger charge is 2.16. The van der Waals surface area contributed by atoms with Gasteiger partial charge in [0.25, 0.3) is 0 Å². The number of hydrogen-bond acceptors (Lipinski definition) is 5. The van der Waals surface area contributed by atoms with Crippen LogP contribution in [0.25, 0.3) is 21.5 Å². The van der Waals surface area contributed by atoms with E-state index in [4.69, 9.17) is 0 Å². The molecule has 0 bridgehead atoms. The Morgan fingerprint density at radius 1 is 1.24 bits per heavy atom. The molecule has 0 aliphatic rings. The van der Waals surface area contributed by atoms with Gasteiger partial charge in [-0.15, -0.1) is 10.2 Å². The lowest BCUT2D eigenvalue weighted by Crippen LogP contribution is -2.14. The van der Waals surface area contributed by atoms with Crippen LogP contribution in [0.5, 0.6) is 0 Å². The van der Waals surface area contributed by atoms with Crippen LogP contribution < -0.4 is 5.32 Å². The van der Waals surface area contributed by atoms with E-state index in [1.54, 1.807) is 11.3 Å². The van der Waals surface area contributed by atoms with E-state index < -0.39 is 0 Å². The van der Waals surface area contributed by atoms with Crippen molar-refractivity contribution in [1.29, 1.82) is 0 Å². The maximum atomic E-state index is 4.58. The summed E-state index contributed by atoms with van der Waals surface area (Å²) < 4.78 is 0. The van der Waals surface area contributed by atoms with E-state index in [0.29, 0.717) is 0 Å². The summed E-state index contributed by atoms with van der Waals surface area (Å²) in [6, 6.07) is 10.5. The molecular formula is C16H18N4S. The van der Waals surface area contributed by atoms with Crippen LogP contribution in [-0.4, -0.2) is 22.2 Å². The highest BCUT2D eigenvalue weighted by molar-refractivity contribution is 7.14. The molecule has 0 radical (unpaired) electrons. The number of hydrogen-bond donors (Lipinski definition) is 1. The second-order valence-corrected chi connectivity index (χ2v) is 6.03. The first-order valence-corrected chi connectivity index (χ1v) is 7.92. The number of benzene rings is 1. The number of aromatic nitrogens is 3. The molecule has 1 aromatic carbocycles. The SMILES string of the molecule is CCC(NC)c1nnc(-c2cc(C)nc3ccccc23)s1. The molecule has 5 heteroatoms. The van der Waals surface area contributed by atoms with Gasteiger partial charge in [0.15, 0.2) is 0 Å². The van der Waals surface area contributed by atoms with Crippen LogP contribution in [0.4, 0.5) is 0 Å². The van der Waals surface area contributed by atoms with Crippen molar-refractivity contribution < 1.29 is 0 Å². The van der Waals surface area contributed by atoms with Crippen molar-refractivity contribution in [1.82, 2.24) is 20.5 Å². The fourth-order valence-electron chi connectivity index (χ4n) is 2.47. The molecule has 2 aromatic heterocycles. The molecule has 1 atom stereocenters. The number of pyridine rings is 1. The van der Waals surface area contributed by atoms with Crippen molar-refractivity contribution in [3.05, 3.63) is 41.0 Å². The van der Waals surface area contributed by atoms with Crippen molar-refractivity contribution in [3.8, 4) is 10.6 Å². The second-order valence-electron chi connectivity index (χ2n) is 5.02. The third-order valence-corrected chi connectivity index (χ3v) is 4.64. The van der Waals surface area contributed by atoms with Crippen LogP contribution in [0, 0.1) is 6.92 Å². The number of nitrogens with zero attached hydrogens (tertiary/aromatic N) is 3. The molecule has 108 valence electrons. The van der Waals surface area contributed by atoms with Gasteiger partial charge in [0, 0.05) is 16.6 Å². The summed E-state index contributed by atoms with van der Waals surface area (Å²) in [7, 11) is 1.96. The quantitative estimate of drug-likeness (QED) is 0.797. The Labute approximate surface area is 128 Å². The van der Waals surface area contributed by atoms with Crippen molar-refractivity contribution in [2.24, 2.45) is 0 Å². The summed E-state index contributed by atoms with van der Waals surface area (Å²) in [6.45, 7) is 4.16. The lowest BCUT2D eigenvalue weighted by Gasteiger charge is -2.08. The largest absolute Gasteiger partial charge is 0.311 e. The van der Waals surface area contributed by atoms with Crippen LogP contribution in [0.15, 0.2) is 30.3 Å². The van der Waals surface area contributed by atoms with Crippen LogP contribution in [-0.2, 0) is 0 Å². The third kappa shape index (κ3) is 2.66. The Morgan fingerprint density at radius 3 is 2.81 bits per heavy atom. The minimum Gasteiger partial charge on any atom is -0.311 e. The van der Waals surface area contributed by atoms with Crippen LogP contribution in [0.3, 0.4) is 0 Å². The summed E-state index contributed by atoms with van der Waals surface area (Å²) in [5.41, 5.74) is 3.12. The summed E-state index contributed by atoms with van der Waals surface area (Å²) in [5.74, 6) is 0. The summed E-state index contributed by atoms with van der Waals surface area (Å²) in [6.07, 6.45) is 1.00. The van der Waals surface area contributed by atoms with Gasteiger partial charge in [-0.05, 0) is 32.5 Å². The van der Waals surface area contributed by atoms with Gasteiger partial charge in [-0.3, -0.25) is 4.98 Å². The maximum Gasteiger partial charge on any atom is 0.148 e. The maximum absolute atomic E-state index is 4.58. The van der Waals surface area contributed by atoms with Gasteiger partial charge in [-0.2, -0.15) is 0 Å². The first kappa shape index (κ1) is 14.1. The van der Waals surface area contributed by atoms with Gasteiger partial charge < -0.3 is 5.32 Å². The Balaban J connectivity index is 2.12. The fourth-order valence-corrected chi connectivity index (χ4v) is 3.54. The monoisotopic (exact) mass is 298 g/mol. The average molecular weight is 298 g/mol. The topological polar surface area (TPSA) is 50.7 Å². The molecule has 0 aliphatic carbocycles. The van der Waals surface area contributed by atoms with E-state index in [1.807, 2.05) is 32.2 Å². The minimum absolute atomic E-state index is 0.269. The minimum atomic E-state index is 0.269. The first-order valence-electron chi connectivity index (χ1n) is 7.10. The second kappa shape index (κ2) is 5.87. The van der Waals surface area contributed by atoms with E-state index in [0.717, 1.165) is 38.6 Å². The summed E-state index contributed by atoms with van der Waals surface area (Å²) in [5, 5.41) is 15.2. The molecule has 2 heterocycles. The lowest BCUT2D eigenvalue weighted by atomic mass is 10.1. The molecule has 0 aliphatic heterocycles. The Kier molecular flexibility index (Phi) is 3.94. The number of nitrogens with one attached hydrogen (secondary N) is 1. The summed E-state index contributed by atoms with van der Waals surface area (Å²) in [4.78, 5) is 4.58. The van der Waals surface area contributed by atoms with E-state index in [-0.39, 0.29) is 6.04 Å². The molecule has 0 saturated carbocycles. The molecule has 1 N–H and O–H groups in total. The molecule has 4 nitrogen and oxygen atoms in total. The van der Waals surface area contributed by atoms with Crippen molar-refractivity contribution >= 4 is 22.2 Å². The van der Waals surface area contributed by atoms with Gasteiger partial charge >= 0.3 is 0 Å². The van der Waals surface area contributed by atoms with Gasteiger partial charge in [0.1, 0.15) is 10.0 Å². The van der Waals surface area contributed by atoms with Gasteiger partial charge in [-0.1, -0.05) is 36.5 Å². The smallest absolute Gasteiger partial charge is 0.148 e. The Morgan fingerprint density at radius 2 is 2.05 bits per heavy atom. The number of aryl methyl sites for hydroxylation is 1. The number of rotatable bonds is 4. The molecular weight excluding hydrogens is 280 g/mol. The van der Waals surface area contributed by atoms with Crippen LogP contribution in [0.1, 0.15) is 30.1 Å². The van der Waals surface area contributed by atoms with Gasteiger partial charge in [0.2, 0.25) is 0 Å². The lowest BCUT2D eigenvalue weighted by molar-refractivity contribution is 0.568. The molecule has 0 amide bonds. The molecule has 0 fully saturated rings. The molecule has 21 heavy (non-hydrogen) atoms. The molecule has 0 spiro atoms. The third-order valence-electron chi connectivity index (χ3n) is 3.57. The van der Waals surface area contributed by atoms with E-state index >= 15 is 0 Å². The molecule has 1 unspecified atom stereocenters. The van der Waals surface area contributed by atoms with Gasteiger partial charge in [-0.25, -0.2) is 0 Å². The zero-order valence-electron chi connectivity index (χ0n) is 12.4. The Hall–Kier alpha value is -1.85. The van der Waals surface area contributed by atoms with E-state index in [1.165, 1.54) is 0 Å². The average Bonchev–Trinajstić information content (AvgIpc) is 2.97. The Bertz CT molecular complexity index is 762. The van der Waals surface area contributed by atoms with Crippen molar-refractivity contribution in [2.75, 3.05) is 7.05 Å². The number of fused-ring (bicyclic) bond motifs is 1. The highest BCUT2D eigenvalue weighted by Crippen LogP contribution is 2.32. The summed E-state index contributed by atoms with van der Waals surface area (Å²) >= 11 is 1.65. The molecule has 3 aromatic rings. The van der Waals surface area contributed by atoms with E-state index in [2.05, 4.69) is 39.6 Å². The van der Waals surface area contributed by atoms with Crippen LogP contribution in [0.2, 0.25) is 0 Å². The standard InChI is InChI=1S/C16H18N4S/c1-4-13(17-3)16-20-19-15(21-16)12-9-10(2)18-14-8-6-5-7-11(12)14/h5-9,13,17H,4H2,1-3H3. The highest BCUT2D eigenvalue weighted by atomic mass is 32.1. The normalized spacial score (nSPS) is 12.7. The van der Waals surface area contributed by atoms with E-state index in [9.17, 15) is 0 Å². The zero-order valence-corrected chi connectivity index (χ0v) is 13.2. The predicted molar refractivity (Wildman–Crippen MR) is 87.5 cm³/mol.